The van der Waals surface area contributed by atoms with Gasteiger partial charge in [0.25, 0.3) is 0 Å². The Labute approximate surface area is 124 Å². The van der Waals surface area contributed by atoms with Crippen LogP contribution in [0.3, 0.4) is 0 Å². The normalized spacial score (nSPS) is 20.1. The van der Waals surface area contributed by atoms with Crippen molar-refractivity contribution in [2.45, 2.75) is 6.54 Å². The molecule has 1 spiro atoms. The standard InChI is InChI=1S/C16H19N5/c17-14-6-15(19-12-18-14)21-10-16(11-21)8-20(9-16)7-13-4-2-1-3-5-13/h1-6,12H,7-11H2,(H2,17,18,19). The third-order valence-electron chi connectivity index (χ3n) is 4.42. The minimum atomic E-state index is 0.467. The van der Waals surface area contributed by atoms with Gasteiger partial charge in [-0.3, -0.25) is 4.90 Å². The van der Waals surface area contributed by atoms with Crippen LogP contribution in [-0.2, 0) is 6.54 Å². The van der Waals surface area contributed by atoms with Crippen LogP contribution in [0.5, 0.6) is 0 Å². The molecule has 0 amide bonds. The lowest BCUT2D eigenvalue weighted by molar-refractivity contribution is -0.0276. The number of nitrogen functional groups attached to an aromatic ring is 1. The molecule has 4 rings (SSSR count). The fourth-order valence-electron chi connectivity index (χ4n) is 3.52. The van der Waals surface area contributed by atoms with Gasteiger partial charge >= 0.3 is 0 Å². The molecule has 1 aromatic carbocycles. The van der Waals surface area contributed by atoms with Crippen LogP contribution >= 0.6 is 0 Å². The first-order valence-electron chi connectivity index (χ1n) is 7.31. The van der Waals surface area contributed by atoms with Gasteiger partial charge in [-0.2, -0.15) is 0 Å². The summed E-state index contributed by atoms with van der Waals surface area (Å²) in [6.07, 6.45) is 1.54. The highest BCUT2D eigenvalue weighted by atomic mass is 15.3. The molecule has 0 saturated carbocycles. The summed E-state index contributed by atoms with van der Waals surface area (Å²) in [6, 6.07) is 12.5. The molecule has 0 bridgehead atoms. The van der Waals surface area contributed by atoms with Gasteiger partial charge in [0.15, 0.2) is 0 Å². The summed E-state index contributed by atoms with van der Waals surface area (Å²) in [5.74, 6) is 1.50. The molecule has 0 unspecified atom stereocenters. The van der Waals surface area contributed by atoms with Crippen LogP contribution in [0.1, 0.15) is 5.56 Å². The second kappa shape index (κ2) is 4.70. The minimum Gasteiger partial charge on any atom is -0.384 e. The third-order valence-corrected chi connectivity index (χ3v) is 4.42. The predicted molar refractivity (Wildman–Crippen MR) is 82.8 cm³/mol. The highest BCUT2D eigenvalue weighted by molar-refractivity contribution is 5.49. The SMILES string of the molecule is Nc1cc(N2CC3(CN(Cc4ccccc4)C3)C2)ncn1. The van der Waals surface area contributed by atoms with Crippen LogP contribution in [0, 0.1) is 5.41 Å². The molecular weight excluding hydrogens is 262 g/mol. The van der Waals surface area contributed by atoms with E-state index in [2.05, 4.69) is 50.1 Å². The van der Waals surface area contributed by atoms with E-state index < -0.39 is 0 Å². The number of hydrogen-bond donors (Lipinski definition) is 1. The molecule has 3 heterocycles. The predicted octanol–water partition coefficient (Wildman–Crippen LogP) is 1.38. The van der Waals surface area contributed by atoms with Gasteiger partial charge in [-0.15, -0.1) is 0 Å². The van der Waals surface area contributed by atoms with Crippen LogP contribution in [-0.4, -0.2) is 41.0 Å². The van der Waals surface area contributed by atoms with Gasteiger partial charge in [0.1, 0.15) is 18.0 Å². The molecule has 2 aliphatic heterocycles. The lowest BCUT2D eigenvalue weighted by atomic mass is 9.72. The Hall–Kier alpha value is -2.14. The number of nitrogens with zero attached hydrogens (tertiary/aromatic N) is 4. The van der Waals surface area contributed by atoms with Crippen molar-refractivity contribution in [1.29, 1.82) is 0 Å². The van der Waals surface area contributed by atoms with E-state index in [1.165, 1.54) is 25.0 Å². The summed E-state index contributed by atoms with van der Waals surface area (Å²) >= 11 is 0. The van der Waals surface area contributed by atoms with Crippen molar-refractivity contribution in [2.75, 3.05) is 36.8 Å². The molecule has 2 aliphatic rings. The van der Waals surface area contributed by atoms with Gasteiger partial charge < -0.3 is 10.6 Å². The lowest BCUT2D eigenvalue weighted by Gasteiger charge is -2.60. The Morgan fingerprint density at radius 1 is 1.05 bits per heavy atom. The topological polar surface area (TPSA) is 58.3 Å². The van der Waals surface area contributed by atoms with Crippen molar-refractivity contribution >= 4 is 11.6 Å². The Bertz CT molecular complexity index is 628. The molecule has 1 aromatic heterocycles. The lowest BCUT2D eigenvalue weighted by Crippen LogP contribution is -2.72. The van der Waals surface area contributed by atoms with Crippen molar-refractivity contribution in [3.8, 4) is 0 Å². The van der Waals surface area contributed by atoms with Crippen molar-refractivity contribution in [2.24, 2.45) is 5.41 Å². The van der Waals surface area contributed by atoms with Crippen molar-refractivity contribution in [3.05, 3.63) is 48.3 Å². The monoisotopic (exact) mass is 281 g/mol. The fourth-order valence-corrected chi connectivity index (χ4v) is 3.52. The molecule has 2 aromatic rings. The third kappa shape index (κ3) is 2.34. The van der Waals surface area contributed by atoms with E-state index in [-0.39, 0.29) is 0 Å². The van der Waals surface area contributed by atoms with E-state index in [0.29, 0.717) is 11.2 Å². The summed E-state index contributed by atoms with van der Waals surface area (Å²) in [4.78, 5) is 13.0. The molecule has 0 radical (unpaired) electrons. The number of nitrogens with two attached hydrogens (primary N) is 1. The Kier molecular flexibility index (Phi) is 2.82. The number of hydrogen-bond acceptors (Lipinski definition) is 5. The molecular formula is C16H19N5. The van der Waals surface area contributed by atoms with E-state index in [4.69, 9.17) is 5.73 Å². The average molecular weight is 281 g/mol. The first-order chi connectivity index (χ1) is 10.2. The number of likely N-dealkylation sites (tertiary alicyclic amines) is 1. The van der Waals surface area contributed by atoms with Gasteiger partial charge in [0.05, 0.1) is 0 Å². The van der Waals surface area contributed by atoms with Gasteiger partial charge in [-0.1, -0.05) is 30.3 Å². The van der Waals surface area contributed by atoms with Gasteiger partial charge in [-0.05, 0) is 5.56 Å². The summed E-state index contributed by atoms with van der Waals surface area (Å²) in [5.41, 5.74) is 7.57. The van der Waals surface area contributed by atoms with Crippen LogP contribution < -0.4 is 10.6 Å². The summed E-state index contributed by atoms with van der Waals surface area (Å²) in [7, 11) is 0. The molecule has 108 valence electrons. The highest BCUT2D eigenvalue weighted by Gasteiger charge is 2.51. The number of aromatic nitrogens is 2. The Balaban J connectivity index is 1.31. The van der Waals surface area contributed by atoms with Crippen LogP contribution in [0.4, 0.5) is 11.6 Å². The molecule has 2 N–H and O–H groups in total. The largest absolute Gasteiger partial charge is 0.384 e. The Morgan fingerprint density at radius 3 is 2.52 bits per heavy atom. The van der Waals surface area contributed by atoms with E-state index in [1.54, 1.807) is 0 Å². The smallest absolute Gasteiger partial charge is 0.134 e. The van der Waals surface area contributed by atoms with Gasteiger partial charge in [-0.25, -0.2) is 9.97 Å². The summed E-state index contributed by atoms with van der Waals surface area (Å²) < 4.78 is 0. The maximum Gasteiger partial charge on any atom is 0.134 e. The van der Waals surface area contributed by atoms with E-state index >= 15 is 0 Å². The zero-order valence-corrected chi connectivity index (χ0v) is 11.9. The maximum absolute atomic E-state index is 5.71. The van der Waals surface area contributed by atoms with Crippen molar-refractivity contribution in [1.82, 2.24) is 14.9 Å². The van der Waals surface area contributed by atoms with E-state index in [9.17, 15) is 0 Å². The molecule has 5 nitrogen and oxygen atoms in total. The van der Waals surface area contributed by atoms with E-state index in [0.717, 1.165) is 25.5 Å². The van der Waals surface area contributed by atoms with Gasteiger partial charge in [0, 0.05) is 44.2 Å². The average Bonchev–Trinajstić information content (AvgIpc) is 2.41. The second-order valence-electron chi connectivity index (χ2n) is 6.29. The molecule has 2 fully saturated rings. The van der Waals surface area contributed by atoms with Crippen molar-refractivity contribution in [3.63, 3.8) is 0 Å². The quantitative estimate of drug-likeness (QED) is 0.921. The molecule has 0 atom stereocenters. The first kappa shape index (κ1) is 12.6. The molecule has 0 aliphatic carbocycles. The second-order valence-corrected chi connectivity index (χ2v) is 6.29. The Morgan fingerprint density at radius 2 is 1.81 bits per heavy atom. The number of benzene rings is 1. The first-order valence-corrected chi connectivity index (χ1v) is 7.31. The fraction of sp³-hybridized carbons (Fsp3) is 0.375. The van der Waals surface area contributed by atoms with Crippen LogP contribution in [0.25, 0.3) is 0 Å². The summed E-state index contributed by atoms with van der Waals surface area (Å²) in [6.45, 7) is 5.57. The van der Waals surface area contributed by atoms with E-state index in [1.807, 2.05) is 6.07 Å². The maximum atomic E-state index is 5.71. The van der Waals surface area contributed by atoms with Crippen LogP contribution in [0.15, 0.2) is 42.7 Å². The minimum absolute atomic E-state index is 0.467. The highest BCUT2D eigenvalue weighted by Crippen LogP contribution is 2.41. The number of anilines is 2. The zero-order valence-electron chi connectivity index (χ0n) is 11.9. The zero-order chi connectivity index (χ0) is 14.3. The summed E-state index contributed by atoms with van der Waals surface area (Å²) in [5, 5.41) is 0. The van der Waals surface area contributed by atoms with Crippen LogP contribution in [0.2, 0.25) is 0 Å². The molecule has 5 heteroatoms. The van der Waals surface area contributed by atoms with Gasteiger partial charge in [0.2, 0.25) is 0 Å². The number of rotatable bonds is 3. The van der Waals surface area contributed by atoms with Crippen molar-refractivity contribution < 1.29 is 0 Å². The molecule has 2 saturated heterocycles. The molecule has 21 heavy (non-hydrogen) atoms.